The minimum Gasteiger partial charge on any atom is -0.356 e. The van der Waals surface area contributed by atoms with E-state index in [1.807, 2.05) is 13.8 Å². The molecule has 1 saturated heterocycles. The van der Waals surface area contributed by atoms with Gasteiger partial charge in [-0.15, -0.1) is 0 Å². The van der Waals surface area contributed by atoms with Crippen LogP contribution in [0.2, 0.25) is 0 Å². The molecular weight excluding hydrogens is 382 g/mol. The number of nitrogens with zero attached hydrogens (tertiary/aromatic N) is 1. The fourth-order valence-corrected chi connectivity index (χ4v) is 4.43. The van der Waals surface area contributed by atoms with Crippen molar-refractivity contribution in [2.24, 2.45) is 11.3 Å². The van der Waals surface area contributed by atoms with E-state index >= 15 is 0 Å². The van der Waals surface area contributed by atoms with Crippen molar-refractivity contribution >= 4 is 17.6 Å². The minimum absolute atomic E-state index is 0.0178. The number of ketones is 1. The minimum atomic E-state index is -0.444. The fraction of sp³-hybridized carbons (Fsp3) is 0.652. The van der Waals surface area contributed by atoms with Gasteiger partial charge in [-0.05, 0) is 37.2 Å². The monoisotopic (exact) mass is 415 g/mol. The molecule has 0 spiro atoms. The van der Waals surface area contributed by atoms with Crippen LogP contribution in [0.1, 0.15) is 85.7 Å². The number of likely N-dealkylation sites (tertiary alicyclic amines) is 1. The molecule has 1 aliphatic carbocycles. The van der Waals surface area contributed by atoms with E-state index in [0.29, 0.717) is 56.6 Å². The van der Waals surface area contributed by atoms with Crippen molar-refractivity contribution in [2.45, 2.75) is 65.7 Å². The first-order valence-corrected chi connectivity index (χ1v) is 11.1. The molecule has 164 valence electrons. The van der Waals surface area contributed by atoms with Crippen LogP contribution < -0.4 is 10.9 Å². The lowest BCUT2D eigenvalue weighted by atomic mass is 9.75. The molecule has 1 aromatic heterocycles. The Kier molecular flexibility index (Phi) is 6.78. The molecule has 3 rings (SSSR count). The van der Waals surface area contributed by atoms with E-state index in [1.54, 1.807) is 4.90 Å². The average Bonchev–Trinajstić information content (AvgIpc) is 2.69. The first-order chi connectivity index (χ1) is 14.2. The van der Waals surface area contributed by atoms with Crippen LogP contribution in [-0.4, -0.2) is 47.1 Å². The highest BCUT2D eigenvalue weighted by Gasteiger charge is 2.34. The number of aromatic nitrogens is 1. The number of fused-ring (bicyclic) bond motifs is 1. The van der Waals surface area contributed by atoms with Crippen molar-refractivity contribution in [2.75, 3.05) is 19.6 Å². The first kappa shape index (κ1) is 22.2. The molecule has 0 bridgehead atoms. The number of rotatable bonds is 6. The van der Waals surface area contributed by atoms with Crippen LogP contribution >= 0.6 is 0 Å². The van der Waals surface area contributed by atoms with Gasteiger partial charge >= 0.3 is 0 Å². The van der Waals surface area contributed by atoms with Gasteiger partial charge in [-0.2, -0.15) is 0 Å². The van der Waals surface area contributed by atoms with Gasteiger partial charge in [-0.3, -0.25) is 19.2 Å². The van der Waals surface area contributed by atoms with Crippen LogP contribution in [0.3, 0.4) is 0 Å². The summed E-state index contributed by atoms with van der Waals surface area (Å²) in [7, 11) is 0. The second-order valence-corrected chi connectivity index (χ2v) is 9.41. The second kappa shape index (κ2) is 9.14. The number of hydrogen-bond donors (Lipinski definition) is 2. The van der Waals surface area contributed by atoms with Gasteiger partial charge in [0.05, 0.1) is 0 Å². The molecule has 30 heavy (non-hydrogen) atoms. The molecule has 2 N–H and O–H groups in total. The highest BCUT2D eigenvalue weighted by atomic mass is 16.2. The van der Waals surface area contributed by atoms with E-state index in [1.165, 1.54) is 6.07 Å². The molecule has 0 unspecified atom stereocenters. The summed E-state index contributed by atoms with van der Waals surface area (Å²) in [5.41, 5.74) is 0.455. The number of carbonyl (C=O) groups is 3. The third-order valence-electron chi connectivity index (χ3n) is 6.18. The Balaban J connectivity index is 1.63. The van der Waals surface area contributed by atoms with Gasteiger partial charge in [0.25, 0.3) is 11.5 Å². The molecule has 0 radical (unpaired) electrons. The van der Waals surface area contributed by atoms with E-state index < -0.39 is 5.56 Å². The van der Waals surface area contributed by atoms with Gasteiger partial charge < -0.3 is 15.2 Å². The van der Waals surface area contributed by atoms with Crippen molar-refractivity contribution in [1.29, 1.82) is 0 Å². The number of aromatic amines is 1. The van der Waals surface area contributed by atoms with Crippen molar-refractivity contribution in [3.05, 3.63) is 33.2 Å². The lowest BCUT2D eigenvalue weighted by molar-refractivity contribution is -0.126. The number of amides is 2. The highest BCUT2D eigenvalue weighted by molar-refractivity contribution is 6.02. The fourth-order valence-electron chi connectivity index (χ4n) is 4.43. The van der Waals surface area contributed by atoms with E-state index in [0.717, 1.165) is 19.3 Å². The van der Waals surface area contributed by atoms with Gasteiger partial charge in [-0.25, -0.2) is 0 Å². The van der Waals surface area contributed by atoms with Gasteiger partial charge in [0.1, 0.15) is 5.56 Å². The molecule has 1 fully saturated rings. The van der Waals surface area contributed by atoms with Gasteiger partial charge in [0, 0.05) is 43.2 Å². The molecule has 7 heteroatoms. The van der Waals surface area contributed by atoms with E-state index in [9.17, 15) is 19.2 Å². The first-order valence-electron chi connectivity index (χ1n) is 11.1. The lowest BCUT2D eigenvalue weighted by Crippen LogP contribution is -2.44. The molecule has 1 aromatic rings. The zero-order valence-electron chi connectivity index (χ0n) is 18.3. The quantitative estimate of drug-likeness (QED) is 0.698. The molecule has 0 atom stereocenters. The summed E-state index contributed by atoms with van der Waals surface area (Å²) >= 11 is 0. The Hall–Kier alpha value is -2.44. The average molecular weight is 416 g/mol. The topological polar surface area (TPSA) is 99.3 Å². The second-order valence-electron chi connectivity index (χ2n) is 9.41. The summed E-state index contributed by atoms with van der Waals surface area (Å²) < 4.78 is 0. The zero-order chi connectivity index (χ0) is 21.9. The maximum Gasteiger partial charge on any atom is 0.261 e. The van der Waals surface area contributed by atoms with E-state index in [4.69, 9.17) is 0 Å². The third-order valence-corrected chi connectivity index (χ3v) is 6.18. The number of carbonyl (C=O) groups excluding carboxylic acids is 3. The molecular formula is C23H33N3O4. The Morgan fingerprint density at radius 1 is 1.17 bits per heavy atom. The lowest BCUT2D eigenvalue weighted by Gasteiger charge is -2.32. The summed E-state index contributed by atoms with van der Waals surface area (Å²) in [5, 5.41) is 2.98. The van der Waals surface area contributed by atoms with Crippen LogP contribution in [0.25, 0.3) is 0 Å². The third kappa shape index (κ3) is 4.99. The number of unbranched alkanes of at least 4 members (excludes halogenated alkanes) is 2. The maximum absolute atomic E-state index is 13.0. The Morgan fingerprint density at radius 3 is 2.53 bits per heavy atom. The predicted octanol–water partition coefficient (Wildman–Crippen LogP) is 2.69. The SMILES string of the molecule is CCCCCNC(=O)C1CCN(C(=O)c2cc3c([nH]c2=O)CC(C)(C)CC3=O)CC1. The Labute approximate surface area is 177 Å². The summed E-state index contributed by atoms with van der Waals surface area (Å²) in [5.74, 6) is -0.442. The summed E-state index contributed by atoms with van der Waals surface area (Å²) in [6, 6.07) is 1.47. The van der Waals surface area contributed by atoms with Crippen LogP contribution in [0.4, 0.5) is 0 Å². The van der Waals surface area contributed by atoms with Gasteiger partial charge in [0.15, 0.2) is 5.78 Å². The standard InChI is InChI=1S/C23H33N3O4/c1-4-5-6-9-24-20(28)15-7-10-26(11-8-15)22(30)17-12-16-18(25-21(17)29)13-23(2,3)14-19(16)27/h12,15H,4-11,13-14H2,1-3H3,(H,24,28)(H,25,29). The molecule has 0 saturated carbocycles. The van der Waals surface area contributed by atoms with Crippen LogP contribution in [0.5, 0.6) is 0 Å². The van der Waals surface area contributed by atoms with Crippen LogP contribution in [-0.2, 0) is 11.2 Å². The summed E-state index contributed by atoms with van der Waals surface area (Å²) in [4.78, 5) is 54.7. The zero-order valence-corrected chi connectivity index (χ0v) is 18.3. The van der Waals surface area contributed by atoms with Crippen molar-refractivity contribution in [3.63, 3.8) is 0 Å². The highest BCUT2D eigenvalue weighted by Crippen LogP contribution is 2.33. The molecule has 2 aliphatic rings. The number of nitrogens with one attached hydrogen (secondary N) is 2. The molecule has 2 amide bonds. The summed E-state index contributed by atoms with van der Waals surface area (Å²) in [6.07, 6.45) is 5.37. The van der Waals surface area contributed by atoms with E-state index in [-0.39, 0.29) is 34.5 Å². The largest absolute Gasteiger partial charge is 0.356 e. The van der Waals surface area contributed by atoms with Gasteiger partial charge in [-0.1, -0.05) is 33.6 Å². The summed E-state index contributed by atoms with van der Waals surface area (Å²) in [6.45, 7) is 7.68. The van der Waals surface area contributed by atoms with Crippen molar-refractivity contribution < 1.29 is 14.4 Å². The van der Waals surface area contributed by atoms with Crippen molar-refractivity contribution in [3.8, 4) is 0 Å². The molecule has 0 aromatic carbocycles. The maximum atomic E-state index is 13.0. The number of Topliss-reactive ketones (excluding diaryl/α,β-unsaturated/α-hetero) is 1. The predicted molar refractivity (Wildman–Crippen MR) is 115 cm³/mol. The normalized spacial score (nSPS) is 18.8. The van der Waals surface area contributed by atoms with E-state index in [2.05, 4.69) is 17.2 Å². The molecule has 7 nitrogen and oxygen atoms in total. The Morgan fingerprint density at radius 2 is 1.87 bits per heavy atom. The number of piperidine rings is 1. The molecule has 2 heterocycles. The van der Waals surface area contributed by atoms with Crippen LogP contribution in [0, 0.1) is 11.3 Å². The number of H-pyrrole nitrogens is 1. The van der Waals surface area contributed by atoms with Gasteiger partial charge in [0.2, 0.25) is 5.91 Å². The smallest absolute Gasteiger partial charge is 0.261 e. The number of hydrogen-bond acceptors (Lipinski definition) is 4. The Bertz CT molecular complexity index is 879. The molecule has 1 aliphatic heterocycles. The van der Waals surface area contributed by atoms with Crippen molar-refractivity contribution in [1.82, 2.24) is 15.2 Å². The number of pyridine rings is 1. The van der Waals surface area contributed by atoms with Crippen LogP contribution in [0.15, 0.2) is 10.9 Å².